The van der Waals surface area contributed by atoms with Crippen LogP contribution in [0, 0.1) is 0 Å². The van der Waals surface area contributed by atoms with E-state index in [0.29, 0.717) is 17.7 Å². The number of carboxylic acid groups (broad SMARTS) is 1. The lowest BCUT2D eigenvalue weighted by molar-refractivity contribution is -0.116. The van der Waals surface area contributed by atoms with Crippen molar-refractivity contribution in [2.45, 2.75) is 32.7 Å². The number of rotatable bonds is 6. The van der Waals surface area contributed by atoms with Crippen molar-refractivity contribution >= 4 is 28.5 Å². The predicted molar refractivity (Wildman–Crippen MR) is 100 cm³/mol. The van der Waals surface area contributed by atoms with Gasteiger partial charge in [-0.25, -0.2) is 4.79 Å². The maximum absolute atomic E-state index is 12.3. The van der Waals surface area contributed by atoms with E-state index in [2.05, 4.69) is 24.3 Å². The van der Waals surface area contributed by atoms with Gasteiger partial charge in [-0.3, -0.25) is 9.48 Å². The molecule has 1 aromatic heterocycles. The number of carboxylic acids is 1. The predicted octanol–water partition coefficient (Wildman–Crippen LogP) is 3.89. The van der Waals surface area contributed by atoms with Crippen LogP contribution in [0.5, 0.6) is 0 Å². The first-order valence-corrected chi connectivity index (χ1v) is 8.54. The fourth-order valence-electron chi connectivity index (χ4n) is 2.95. The number of carbonyl (C=O) groups excluding carboxylic acids is 1. The highest BCUT2D eigenvalue weighted by molar-refractivity contribution is 5.94. The molecule has 0 spiro atoms. The van der Waals surface area contributed by atoms with Crippen molar-refractivity contribution in [2.75, 3.05) is 5.32 Å². The van der Waals surface area contributed by atoms with Gasteiger partial charge in [0.25, 0.3) is 0 Å². The Bertz CT molecular complexity index is 960. The molecule has 0 aliphatic carbocycles. The molecule has 6 nitrogen and oxygen atoms in total. The average Bonchev–Trinajstić information content (AvgIpc) is 3.03. The Morgan fingerprint density at radius 1 is 1.19 bits per heavy atom. The Labute approximate surface area is 151 Å². The smallest absolute Gasteiger partial charge is 0.335 e. The Morgan fingerprint density at radius 3 is 2.69 bits per heavy atom. The number of nitrogens with zero attached hydrogens (tertiary/aromatic N) is 2. The minimum absolute atomic E-state index is 0.153. The zero-order chi connectivity index (χ0) is 18.7. The third kappa shape index (κ3) is 3.74. The molecule has 6 heteroatoms. The number of hydrogen-bond acceptors (Lipinski definition) is 3. The van der Waals surface area contributed by atoms with E-state index in [4.69, 9.17) is 0 Å². The molecular formula is C20H21N3O3. The maximum Gasteiger partial charge on any atom is 0.335 e. The van der Waals surface area contributed by atoms with E-state index in [0.717, 1.165) is 10.9 Å². The minimum atomic E-state index is -0.978. The van der Waals surface area contributed by atoms with E-state index >= 15 is 0 Å². The Kier molecular flexibility index (Phi) is 5.02. The fourth-order valence-corrected chi connectivity index (χ4v) is 2.95. The van der Waals surface area contributed by atoms with Crippen LogP contribution < -0.4 is 5.32 Å². The summed E-state index contributed by atoms with van der Waals surface area (Å²) in [5.74, 6) is -1.13. The number of hydrogen-bond donors (Lipinski definition) is 2. The number of aromatic nitrogens is 2. The number of anilines is 1. The molecular weight excluding hydrogens is 330 g/mol. The number of aryl methyl sites for hydroxylation is 1. The Morgan fingerprint density at radius 2 is 1.96 bits per heavy atom. The largest absolute Gasteiger partial charge is 0.478 e. The van der Waals surface area contributed by atoms with Crippen LogP contribution in [0.4, 0.5) is 5.69 Å². The molecule has 2 N–H and O–H groups in total. The van der Waals surface area contributed by atoms with Gasteiger partial charge in [-0.2, -0.15) is 5.10 Å². The van der Waals surface area contributed by atoms with Gasteiger partial charge < -0.3 is 10.4 Å². The molecule has 3 rings (SSSR count). The molecule has 1 amide bonds. The first kappa shape index (κ1) is 17.7. The van der Waals surface area contributed by atoms with Crippen molar-refractivity contribution in [3.8, 4) is 0 Å². The summed E-state index contributed by atoms with van der Waals surface area (Å²) in [4.78, 5) is 23.5. The van der Waals surface area contributed by atoms with Crippen LogP contribution in [-0.2, 0) is 11.2 Å². The molecule has 26 heavy (non-hydrogen) atoms. The Hall–Kier alpha value is -3.15. The third-order valence-electron chi connectivity index (χ3n) is 4.24. The van der Waals surface area contributed by atoms with E-state index in [-0.39, 0.29) is 23.9 Å². The second-order valence-electron chi connectivity index (χ2n) is 6.47. The summed E-state index contributed by atoms with van der Waals surface area (Å²) in [5.41, 5.74) is 2.57. The van der Waals surface area contributed by atoms with Gasteiger partial charge in [0.15, 0.2) is 0 Å². The zero-order valence-electron chi connectivity index (χ0n) is 14.8. The first-order chi connectivity index (χ1) is 12.5. The summed E-state index contributed by atoms with van der Waals surface area (Å²) in [6.45, 7) is 4.11. The molecule has 0 saturated heterocycles. The summed E-state index contributed by atoms with van der Waals surface area (Å²) >= 11 is 0. The summed E-state index contributed by atoms with van der Waals surface area (Å²) in [6, 6.07) is 12.7. The van der Waals surface area contributed by atoms with E-state index in [1.165, 1.54) is 0 Å². The van der Waals surface area contributed by atoms with E-state index in [1.807, 2.05) is 29.1 Å². The summed E-state index contributed by atoms with van der Waals surface area (Å²) in [6.07, 6.45) is 2.40. The second kappa shape index (κ2) is 7.39. The molecule has 0 unspecified atom stereocenters. The second-order valence-corrected chi connectivity index (χ2v) is 6.47. The van der Waals surface area contributed by atoms with Gasteiger partial charge >= 0.3 is 5.97 Å². The van der Waals surface area contributed by atoms with Gasteiger partial charge in [-0.1, -0.05) is 18.2 Å². The molecule has 2 aromatic carbocycles. The van der Waals surface area contributed by atoms with E-state index in [9.17, 15) is 14.7 Å². The van der Waals surface area contributed by atoms with Gasteiger partial charge in [0.05, 0.1) is 17.3 Å². The lowest BCUT2D eigenvalue weighted by Crippen LogP contribution is -2.13. The van der Waals surface area contributed by atoms with Gasteiger partial charge in [0.1, 0.15) is 0 Å². The SMILES string of the molecule is CC(C)n1ncc2ccc(NC(=O)CCc3ccccc3C(=O)O)cc21. The van der Waals surface area contributed by atoms with Crippen LogP contribution in [-0.4, -0.2) is 26.8 Å². The minimum Gasteiger partial charge on any atom is -0.478 e. The van der Waals surface area contributed by atoms with Crippen LogP contribution in [0.25, 0.3) is 10.9 Å². The van der Waals surface area contributed by atoms with Crippen molar-refractivity contribution in [2.24, 2.45) is 0 Å². The first-order valence-electron chi connectivity index (χ1n) is 8.54. The lowest BCUT2D eigenvalue weighted by atomic mass is 10.0. The standard InChI is InChI=1S/C20H21N3O3/c1-13(2)23-18-11-16(9-7-15(18)12-21-23)22-19(24)10-8-14-5-3-4-6-17(14)20(25)26/h3-7,9,11-13H,8,10H2,1-2H3,(H,22,24)(H,25,26). The highest BCUT2D eigenvalue weighted by atomic mass is 16.4. The number of benzene rings is 2. The molecule has 0 atom stereocenters. The van der Waals surface area contributed by atoms with Crippen LogP contribution >= 0.6 is 0 Å². The molecule has 0 aliphatic heterocycles. The molecule has 0 radical (unpaired) electrons. The lowest BCUT2D eigenvalue weighted by Gasteiger charge is -2.10. The van der Waals surface area contributed by atoms with Crippen LogP contribution in [0.2, 0.25) is 0 Å². The molecule has 0 saturated carbocycles. The monoisotopic (exact) mass is 351 g/mol. The molecule has 1 heterocycles. The molecule has 0 aliphatic rings. The van der Waals surface area contributed by atoms with Crippen molar-refractivity contribution < 1.29 is 14.7 Å². The highest BCUT2D eigenvalue weighted by Gasteiger charge is 2.12. The summed E-state index contributed by atoms with van der Waals surface area (Å²) in [5, 5.41) is 17.5. The van der Waals surface area contributed by atoms with Crippen molar-refractivity contribution in [1.82, 2.24) is 9.78 Å². The summed E-state index contributed by atoms with van der Waals surface area (Å²) in [7, 11) is 0. The fraction of sp³-hybridized carbons (Fsp3) is 0.250. The van der Waals surface area contributed by atoms with Crippen LogP contribution in [0.1, 0.15) is 42.2 Å². The van der Waals surface area contributed by atoms with Gasteiger partial charge in [-0.15, -0.1) is 0 Å². The average molecular weight is 351 g/mol. The maximum atomic E-state index is 12.3. The normalized spacial score (nSPS) is 11.0. The van der Waals surface area contributed by atoms with Crippen LogP contribution in [0.15, 0.2) is 48.7 Å². The molecule has 134 valence electrons. The van der Waals surface area contributed by atoms with Gasteiger partial charge in [0.2, 0.25) is 5.91 Å². The van der Waals surface area contributed by atoms with E-state index in [1.54, 1.807) is 24.3 Å². The molecule has 0 fully saturated rings. The van der Waals surface area contributed by atoms with Gasteiger partial charge in [-0.05, 0) is 50.1 Å². The van der Waals surface area contributed by atoms with Crippen LogP contribution in [0.3, 0.4) is 0 Å². The molecule has 0 bridgehead atoms. The van der Waals surface area contributed by atoms with Crippen molar-refractivity contribution in [1.29, 1.82) is 0 Å². The molecule has 3 aromatic rings. The number of carbonyl (C=O) groups is 2. The number of aromatic carboxylic acids is 1. The topological polar surface area (TPSA) is 84.2 Å². The van der Waals surface area contributed by atoms with Crippen molar-refractivity contribution in [3.63, 3.8) is 0 Å². The number of nitrogens with one attached hydrogen (secondary N) is 1. The highest BCUT2D eigenvalue weighted by Crippen LogP contribution is 2.22. The Balaban J connectivity index is 1.70. The third-order valence-corrected chi connectivity index (χ3v) is 4.24. The van der Waals surface area contributed by atoms with E-state index < -0.39 is 5.97 Å². The zero-order valence-corrected chi connectivity index (χ0v) is 14.8. The number of fused-ring (bicyclic) bond motifs is 1. The number of amides is 1. The quantitative estimate of drug-likeness (QED) is 0.706. The van der Waals surface area contributed by atoms with Gasteiger partial charge in [0, 0.05) is 23.5 Å². The van der Waals surface area contributed by atoms with Crippen molar-refractivity contribution in [3.05, 3.63) is 59.8 Å². The summed E-state index contributed by atoms with van der Waals surface area (Å²) < 4.78 is 1.91.